The number of ether oxygens (including phenoxy) is 1. The number of carbonyl (C=O) groups excluding carboxylic acids is 1. The smallest absolute Gasteiger partial charge is 0.322 e. The highest BCUT2D eigenvalue weighted by Gasteiger charge is 2.19. The monoisotopic (exact) mass is 454 g/mol. The number of nitrogens with zero attached hydrogens (tertiary/aromatic N) is 2. The van der Waals surface area contributed by atoms with Crippen molar-refractivity contribution in [2.45, 2.75) is 19.4 Å². The summed E-state index contributed by atoms with van der Waals surface area (Å²) < 4.78 is 5.30. The highest BCUT2D eigenvalue weighted by Crippen LogP contribution is 2.20. The molecule has 0 unspecified atom stereocenters. The summed E-state index contributed by atoms with van der Waals surface area (Å²) in [7, 11) is 1.61. The molecule has 2 amide bonds. The molecule has 0 spiro atoms. The van der Waals surface area contributed by atoms with Crippen LogP contribution in [0.2, 0.25) is 5.02 Å². The van der Waals surface area contributed by atoms with E-state index in [9.17, 15) is 9.59 Å². The number of carbonyl (C=O) groups is 1. The normalized spacial score (nSPS) is 13.9. The Morgan fingerprint density at radius 1 is 1.16 bits per heavy atom. The summed E-state index contributed by atoms with van der Waals surface area (Å²) in [4.78, 5) is 32.8. The number of amides is 2. The van der Waals surface area contributed by atoms with E-state index < -0.39 is 0 Å². The number of hydrogen-bond donors (Lipinski definition) is 2. The molecule has 32 heavy (non-hydrogen) atoms. The molecule has 0 radical (unpaired) electrons. The zero-order valence-corrected chi connectivity index (χ0v) is 18.8. The molecule has 1 aromatic heterocycles. The molecule has 2 heterocycles. The van der Waals surface area contributed by atoms with Gasteiger partial charge in [0.2, 0.25) is 0 Å². The first-order chi connectivity index (χ1) is 15.5. The summed E-state index contributed by atoms with van der Waals surface area (Å²) in [6.45, 7) is 3.59. The lowest BCUT2D eigenvalue weighted by Gasteiger charge is -2.26. The number of nitrogens with one attached hydrogen (secondary N) is 2. The van der Waals surface area contributed by atoms with Crippen LogP contribution >= 0.6 is 11.6 Å². The number of halogens is 1. The Kier molecular flexibility index (Phi) is 6.97. The molecule has 4 rings (SSSR count). The van der Waals surface area contributed by atoms with Crippen LogP contribution in [0.1, 0.15) is 18.4 Å². The molecule has 2 aromatic carbocycles. The van der Waals surface area contributed by atoms with Crippen molar-refractivity contribution in [3.8, 4) is 5.75 Å². The standard InChI is InChI=1S/C24H27ClN4O3/c1-32-21-8-9-22-17(15-21)14-18(23(30)27-22)16-29(13-12-28-10-2-3-11-28)24(31)26-20-6-4-19(25)5-7-20/h4-9,14-15H,2-3,10-13,16H2,1H3,(H,26,31)(H,27,30). The fourth-order valence-electron chi connectivity index (χ4n) is 3.94. The molecule has 1 fully saturated rings. The van der Waals surface area contributed by atoms with Crippen LogP contribution in [0, 0.1) is 0 Å². The van der Waals surface area contributed by atoms with Gasteiger partial charge in [-0.1, -0.05) is 11.6 Å². The lowest BCUT2D eigenvalue weighted by Crippen LogP contribution is -2.41. The summed E-state index contributed by atoms with van der Waals surface area (Å²) in [5.74, 6) is 0.710. The number of likely N-dealkylation sites (tertiary alicyclic amines) is 1. The molecule has 1 aliphatic heterocycles. The number of urea groups is 1. The quantitative estimate of drug-likeness (QED) is 0.557. The van der Waals surface area contributed by atoms with Crippen LogP contribution < -0.4 is 15.6 Å². The Bertz CT molecular complexity index is 1140. The number of aromatic nitrogens is 1. The molecule has 168 valence electrons. The molecule has 0 aliphatic carbocycles. The second kappa shape index (κ2) is 10.1. The van der Waals surface area contributed by atoms with Gasteiger partial charge in [0.25, 0.3) is 5.56 Å². The lowest BCUT2D eigenvalue weighted by molar-refractivity contribution is 0.197. The van der Waals surface area contributed by atoms with Crippen molar-refractivity contribution in [1.29, 1.82) is 0 Å². The van der Waals surface area contributed by atoms with Gasteiger partial charge < -0.3 is 24.8 Å². The summed E-state index contributed by atoms with van der Waals surface area (Å²) in [5, 5.41) is 4.38. The van der Waals surface area contributed by atoms with Crippen LogP contribution in [0.3, 0.4) is 0 Å². The SMILES string of the molecule is COc1ccc2[nH]c(=O)c(CN(CCN3CCCC3)C(=O)Nc3ccc(Cl)cc3)cc2c1. The molecule has 1 saturated heterocycles. The van der Waals surface area contributed by atoms with E-state index in [1.807, 2.05) is 18.2 Å². The number of pyridine rings is 1. The number of aromatic amines is 1. The van der Waals surface area contributed by atoms with Crippen molar-refractivity contribution >= 4 is 34.2 Å². The summed E-state index contributed by atoms with van der Waals surface area (Å²) in [6.07, 6.45) is 2.37. The molecule has 8 heteroatoms. The zero-order chi connectivity index (χ0) is 22.5. The van der Waals surface area contributed by atoms with E-state index in [1.54, 1.807) is 42.3 Å². The number of H-pyrrole nitrogens is 1. The number of hydrogen-bond acceptors (Lipinski definition) is 4. The van der Waals surface area contributed by atoms with Crippen molar-refractivity contribution in [1.82, 2.24) is 14.8 Å². The van der Waals surface area contributed by atoms with Crippen LogP contribution in [0.15, 0.2) is 53.3 Å². The van der Waals surface area contributed by atoms with Gasteiger partial charge in [0.1, 0.15) is 5.75 Å². The van der Waals surface area contributed by atoms with Gasteiger partial charge >= 0.3 is 6.03 Å². The zero-order valence-electron chi connectivity index (χ0n) is 18.1. The highest BCUT2D eigenvalue weighted by atomic mass is 35.5. The number of methoxy groups -OCH3 is 1. The predicted octanol–water partition coefficient (Wildman–Crippen LogP) is 4.32. The second-order valence-corrected chi connectivity index (χ2v) is 8.42. The number of benzene rings is 2. The maximum absolute atomic E-state index is 13.1. The Labute approximate surface area is 191 Å². The molecule has 1 aliphatic rings. The van der Waals surface area contributed by atoms with Crippen LogP contribution in [0.5, 0.6) is 5.75 Å². The van der Waals surface area contributed by atoms with Gasteiger partial charge in [-0.05, 0) is 74.5 Å². The third-order valence-corrected chi connectivity index (χ3v) is 6.01. The summed E-state index contributed by atoms with van der Waals surface area (Å²) in [5.41, 5.74) is 1.71. The number of anilines is 1. The minimum Gasteiger partial charge on any atom is -0.497 e. The molecule has 2 N–H and O–H groups in total. The second-order valence-electron chi connectivity index (χ2n) is 7.98. The van der Waals surface area contributed by atoms with Crippen LogP contribution in [0.4, 0.5) is 10.5 Å². The summed E-state index contributed by atoms with van der Waals surface area (Å²) >= 11 is 5.95. The van der Waals surface area contributed by atoms with Crippen molar-refractivity contribution in [3.63, 3.8) is 0 Å². The number of rotatable bonds is 7. The van der Waals surface area contributed by atoms with Gasteiger partial charge in [0.15, 0.2) is 0 Å². The van der Waals surface area contributed by atoms with Crippen molar-refractivity contribution in [2.24, 2.45) is 0 Å². The third kappa shape index (κ3) is 5.41. The fourth-order valence-corrected chi connectivity index (χ4v) is 4.06. The first-order valence-corrected chi connectivity index (χ1v) is 11.1. The van der Waals surface area contributed by atoms with E-state index in [2.05, 4.69) is 15.2 Å². The predicted molar refractivity (Wildman–Crippen MR) is 128 cm³/mol. The largest absolute Gasteiger partial charge is 0.497 e. The van der Waals surface area contributed by atoms with E-state index in [-0.39, 0.29) is 18.1 Å². The van der Waals surface area contributed by atoms with Gasteiger partial charge in [-0.3, -0.25) is 4.79 Å². The Morgan fingerprint density at radius 3 is 2.62 bits per heavy atom. The average Bonchev–Trinajstić information content (AvgIpc) is 3.31. The molecule has 0 bridgehead atoms. The topological polar surface area (TPSA) is 77.7 Å². The van der Waals surface area contributed by atoms with E-state index in [0.29, 0.717) is 28.6 Å². The molecule has 3 aromatic rings. The van der Waals surface area contributed by atoms with Crippen molar-refractivity contribution in [2.75, 3.05) is 38.6 Å². The Hall–Kier alpha value is -3.03. The lowest BCUT2D eigenvalue weighted by atomic mass is 10.1. The van der Waals surface area contributed by atoms with Crippen molar-refractivity contribution < 1.29 is 9.53 Å². The Morgan fingerprint density at radius 2 is 1.91 bits per heavy atom. The van der Waals surface area contributed by atoms with Gasteiger partial charge in [-0.25, -0.2) is 4.79 Å². The van der Waals surface area contributed by atoms with Gasteiger partial charge in [0.05, 0.1) is 13.7 Å². The van der Waals surface area contributed by atoms with E-state index >= 15 is 0 Å². The van der Waals surface area contributed by atoms with Gasteiger partial charge in [-0.2, -0.15) is 0 Å². The average molecular weight is 455 g/mol. The van der Waals surface area contributed by atoms with Gasteiger partial charge in [-0.15, -0.1) is 0 Å². The first-order valence-electron chi connectivity index (χ1n) is 10.8. The third-order valence-electron chi connectivity index (χ3n) is 5.76. The first kappa shape index (κ1) is 22.2. The van der Waals surface area contributed by atoms with E-state index in [0.717, 1.165) is 30.5 Å². The van der Waals surface area contributed by atoms with Crippen molar-refractivity contribution in [3.05, 3.63) is 69.5 Å². The van der Waals surface area contributed by atoms with Crippen LogP contribution in [-0.2, 0) is 6.54 Å². The number of fused-ring (bicyclic) bond motifs is 1. The Balaban J connectivity index is 1.56. The maximum atomic E-state index is 13.1. The highest BCUT2D eigenvalue weighted by molar-refractivity contribution is 6.30. The minimum atomic E-state index is -0.253. The molecular weight excluding hydrogens is 428 g/mol. The fraction of sp³-hybridized carbons (Fsp3) is 0.333. The molecule has 0 saturated carbocycles. The van der Waals surface area contributed by atoms with Gasteiger partial charge in [0, 0.05) is 40.3 Å². The van der Waals surface area contributed by atoms with Crippen LogP contribution in [-0.4, -0.2) is 54.1 Å². The van der Waals surface area contributed by atoms with E-state index in [4.69, 9.17) is 16.3 Å². The molecule has 0 atom stereocenters. The molecular formula is C24H27ClN4O3. The summed E-state index contributed by atoms with van der Waals surface area (Å²) in [6, 6.07) is 14.0. The molecule has 7 nitrogen and oxygen atoms in total. The van der Waals surface area contributed by atoms with Crippen LogP contribution in [0.25, 0.3) is 10.9 Å². The maximum Gasteiger partial charge on any atom is 0.322 e. The van der Waals surface area contributed by atoms with E-state index in [1.165, 1.54) is 12.8 Å². The minimum absolute atomic E-state index is 0.201.